The van der Waals surface area contributed by atoms with Gasteiger partial charge in [0.15, 0.2) is 5.89 Å². The van der Waals surface area contributed by atoms with Gasteiger partial charge in [0.05, 0.1) is 18.8 Å². The van der Waals surface area contributed by atoms with E-state index in [9.17, 15) is 4.79 Å². The highest BCUT2D eigenvalue weighted by molar-refractivity contribution is 5.66. The van der Waals surface area contributed by atoms with E-state index in [2.05, 4.69) is 15.0 Å². The molecule has 1 aromatic rings. The lowest BCUT2D eigenvalue weighted by Gasteiger charge is -2.01. The minimum Gasteiger partial charge on any atom is -0.450 e. The molecule has 5 nitrogen and oxygen atoms in total. The molecule has 0 aliphatic heterocycles. The van der Waals surface area contributed by atoms with E-state index in [0.29, 0.717) is 24.7 Å². The van der Waals surface area contributed by atoms with Gasteiger partial charge in [-0.2, -0.15) is 0 Å². The van der Waals surface area contributed by atoms with Crippen LogP contribution >= 0.6 is 0 Å². The summed E-state index contributed by atoms with van der Waals surface area (Å²) in [6.45, 7) is 4.19. The first-order valence-electron chi connectivity index (χ1n) is 4.04. The first-order valence-corrected chi connectivity index (χ1v) is 4.04. The topological polar surface area (TPSA) is 64.4 Å². The minimum atomic E-state index is -0.442. The molecule has 0 aliphatic rings. The second-order valence-electron chi connectivity index (χ2n) is 2.43. The van der Waals surface area contributed by atoms with Gasteiger partial charge in [-0.15, -0.1) is 0 Å². The molecule has 0 aliphatic carbocycles. The van der Waals surface area contributed by atoms with Gasteiger partial charge in [-0.25, -0.2) is 9.78 Å². The van der Waals surface area contributed by atoms with Crippen molar-refractivity contribution in [3.63, 3.8) is 0 Å². The minimum absolute atomic E-state index is 0.330. The first-order chi connectivity index (χ1) is 6.22. The normalized spacial score (nSPS) is 9.69. The number of hydrogen-bond acceptors (Lipinski definition) is 4. The van der Waals surface area contributed by atoms with Crippen LogP contribution in [0.2, 0.25) is 0 Å². The van der Waals surface area contributed by atoms with Crippen LogP contribution in [0.5, 0.6) is 0 Å². The molecule has 0 saturated heterocycles. The summed E-state index contributed by atoms with van der Waals surface area (Å²) in [6, 6.07) is 0. The second kappa shape index (κ2) is 4.49. The standard InChI is InChI=1S/C8H12N2O3/c1-3-12-8(11)9-4-7-5-13-6(2)10-7/h5H,3-4H2,1-2H3,(H,9,11). The van der Waals surface area contributed by atoms with Crippen molar-refractivity contribution in [2.75, 3.05) is 6.61 Å². The van der Waals surface area contributed by atoms with Crippen molar-refractivity contribution in [1.82, 2.24) is 10.3 Å². The Morgan fingerprint density at radius 3 is 3.08 bits per heavy atom. The Bertz CT molecular complexity index is 283. The van der Waals surface area contributed by atoms with Crippen LogP contribution in [0.1, 0.15) is 18.5 Å². The lowest BCUT2D eigenvalue weighted by atomic mass is 10.5. The summed E-state index contributed by atoms with van der Waals surface area (Å²) in [5.41, 5.74) is 0.686. The number of aromatic nitrogens is 1. The maximum atomic E-state index is 10.8. The molecule has 5 heteroatoms. The fourth-order valence-corrected chi connectivity index (χ4v) is 0.834. The van der Waals surface area contributed by atoms with E-state index < -0.39 is 6.09 Å². The van der Waals surface area contributed by atoms with Gasteiger partial charge < -0.3 is 14.5 Å². The number of carbonyl (C=O) groups excluding carboxylic acids is 1. The zero-order valence-corrected chi connectivity index (χ0v) is 7.66. The van der Waals surface area contributed by atoms with Crippen LogP contribution in [0, 0.1) is 6.92 Å². The van der Waals surface area contributed by atoms with E-state index in [1.807, 2.05) is 0 Å². The third-order valence-electron chi connectivity index (χ3n) is 1.36. The Morgan fingerprint density at radius 2 is 2.54 bits per heavy atom. The maximum absolute atomic E-state index is 10.8. The summed E-state index contributed by atoms with van der Waals surface area (Å²) in [4.78, 5) is 14.8. The number of amides is 1. The Balaban J connectivity index is 2.30. The van der Waals surface area contributed by atoms with Crippen molar-refractivity contribution < 1.29 is 13.9 Å². The van der Waals surface area contributed by atoms with E-state index in [0.717, 1.165) is 0 Å². The van der Waals surface area contributed by atoms with E-state index in [4.69, 9.17) is 4.42 Å². The van der Waals surface area contributed by atoms with E-state index in [-0.39, 0.29) is 0 Å². The summed E-state index contributed by atoms with van der Waals surface area (Å²) in [5, 5.41) is 2.53. The van der Waals surface area contributed by atoms with Gasteiger partial charge in [-0.3, -0.25) is 0 Å². The largest absolute Gasteiger partial charge is 0.450 e. The number of alkyl carbamates (subject to hydrolysis) is 1. The van der Waals surface area contributed by atoms with Crippen LogP contribution in [0.4, 0.5) is 4.79 Å². The molecule has 13 heavy (non-hydrogen) atoms. The summed E-state index contributed by atoms with van der Waals surface area (Å²) in [6.07, 6.45) is 1.06. The van der Waals surface area contributed by atoms with E-state index >= 15 is 0 Å². The number of nitrogens with zero attached hydrogens (tertiary/aromatic N) is 1. The maximum Gasteiger partial charge on any atom is 0.407 e. The summed E-state index contributed by atoms with van der Waals surface area (Å²) in [5.74, 6) is 0.584. The number of aryl methyl sites for hydroxylation is 1. The van der Waals surface area contributed by atoms with Gasteiger partial charge >= 0.3 is 6.09 Å². The predicted molar refractivity (Wildman–Crippen MR) is 45.1 cm³/mol. The molecule has 1 rings (SSSR count). The monoisotopic (exact) mass is 184 g/mol. The molecule has 0 bridgehead atoms. The Kier molecular flexibility index (Phi) is 3.31. The number of rotatable bonds is 3. The van der Waals surface area contributed by atoms with Crippen LogP contribution in [0.25, 0.3) is 0 Å². The van der Waals surface area contributed by atoms with Gasteiger partial charge in [-0.05, 0) is 6.92 Å². The van der Waals surface area contributed by atoms with Gasteiger partial charge in [0.1, 0.15) is 6.26 Å². The molecular formula is C8H12N2O3. The third-order valence-corrected chi connectivity index (χ3v) is 1.36. The van der Waals surface area contributed by atoms with Crippen molar-refractivity contribution in [3.05, 3.63) is 17.8 Å². The quantitative estimate of drug-likeness (QED) is 0.767. The van der Waals surface area contributed by atoms with Crippen molar-refractivity contribution in [3.8, 4) is 0 Å². The molecule has 0 spiro atoms. The lowest BCUT2D eigenvalue weighted by molar-refractivity contribution is 0.151. The molecule has 0 radical (unpaired) electrons. The number of hydrogen-bond donors (Lipinski definition) is 1. The van der Waals surface area contributed by atoms with Crippen molar-refractivity contribution in [2.45, 2.75) is 20.4 Å². The Morgan fingerprint density at radius 1 is 1.77 bits per heavy atom. The molecule has 1 N–H and O–H groups in total. The first kappa shape index (κ1) is 9.57. The highest BCUT2D eigenvalue weighted by Gasteiger charge is 2.02. The van der Waals surface area contributed by atoms with E-state index in [1.54, 1.807) is 13.8 Å². The zero-order valence-electron chi connectivity index (χ0n) is 7.66. The molecule has 1 heterocycles. The van der Waals surface area contributed by atoms with Crippen LogP contribution in [0.3, 0.4) is 0 Å². The van der Waals surface area contributed by atoms with Crippen LogP contribution in [0.15, 0.2) is 10.7 Å². The van der Waals surface area contributed by atoms with Gasteiger partial charge in [-0.1, -0.05) is 0 Å². The van der Waals surface area contributed by atoms with E-state index in [1.165, 1.54) is 6.26 Å². The average Bonchev–Trinajstić information content (AvgIpc) is 2.49. The fourth-order valence-electron chi connectivity index (χ4n) is 0.834. The Labute approximate surface area is 76.1 Å². The van der Waals surface area contributed by atoms with Gasteiger partial charge in [0.25, 0.3) is 0 Å². The fraction of sp³-hybridized carbons (Fsp3) is 0.500. The average molecular weight is 184 g/mol. The summed E-state index contributed by atoms with van der Waals surface area (Å²) in [7, 11) is 0. The lowest BCUT2D eigenvalue weighted by Crippen LogP contribution is -2.23. The van der Waals surface area contributed by atoms with Crippen LogP contribution < -0.4 is 5.32 Å². The zero-order chi connectivity index (χ0) is 9.68. The highest BCUT2D eigenvalue weighted by atomic mass is 16.5. The molecule has 0 saturated carbocycles. The van der Waals surface area contributed by atoms with Crippen molar-refractivity contribution in [1.29, 1.82) is 0 Å². The smallest absolute Gasteiger partial charge is 0.407 e. The van der Waals surface area contributed by atoms with Crippen molar-refractivity contribution in [2.24, 2.45) is 0 Å². The molecule has 0 atom stereocenters. The predicted octanol–water partition coefficient (Wildman–Crippen LogP) is 1.23. The number of oxazole rings is 1. The molecule has 72 valence electrons. The van der Waals surface area contributed by atoms with Crippen LogP contribution in [-0.2, 0) is 11.3 Å². The summed E-state index contributed by atoms with van der Waals surface area (Å²) >= 11 is 0. The number of ether oxygens (including phenoxy) is 1. The molecule has 0 unspecified atom stereocenters. The Hall–Kier alpha value is -1.52. The SMILES string of the molecule is CCOC(=O)NCc1coc(C)n1. The van der Waals surface area contributed by atoms with Crippen LogP contribution in [-0.4, -0.2) is 17.7 Å². The van der Waals surface area contributed by atoms with Gasteiger partial charge in [0, 0.05) is 6.92 Å². The molecule has 0 aromatic carbocycles. The van der Waals surface area contributed by atoms with Gasteiger partial charge in [0.2, 0.25) is 0 Å². The second-order valence-corrected chi connectivity index (χ2v) is 2.43. The summed E-state index contributed by atoms with van der Waals surface area (Å²) < 4.78 is 9.62. The molecular weight excluding hydrogens is 172 g/mol. The highest BCUT2D eigenvalue weighted by Crippen LogP contribution is 1.99. The molecule has 1 amide bonds. The number of carbonyl (C=O) groups is 1. The number of nitrogens with one attached hydrogen (secondary N) is 1. The molecule has 0 fully saturated rings. The van der Waals surface area contributed by atoms with Crippen molar-refractivity contribution >= 4 is 6.09 Å². The molecule has 1 aromatic heterocycles. The third kappa shape index (κ3) is 3.14.